The van der Waals surface area contributed by atoms with E-state index in [0.717, 1.165) is 34.7 Å². The molecule has 112 valence electrons. The van der Waals surface area contributed by atoms with E-state index in [9.17, 15) is 4.79 Å². The van der Waals surface area contributed by atoms with Crippen LogP contribution in [-0.2, 0) is 13.6 Å². The molecule has 0 radical (unpaired) electrons. The summed E-state index contributed by atoms with van der Waals surface area (Å²) in [6, 6.07) is 9.85. The fourth-order valence-corrected chi connectivity index (χ4v) is 2.41. The van der Waals surface area contributed by atoms with Gasteiger partial charge in [-0.05, 0) is 48.9 Å². The lowest BCUT2D eigenvalue weighted by molar-refractivity contribution is 0.412. The van der Waals surface area contributed by atoms with Crippen LogP contribution in [-0.4, -0.2) is 18.2 Å². The molecule has 0 saturated carbocycles. The predicted molar refractivity (Wildman–Crippen MR) is 85.8 cm³/mol. The highest BCUT2D eigenvalue weighted by molar-refractivity contribution is 5.62. The zero-order valence-electron chi connectivity index (χ0n) is 13.1. The molecule has 4 nitrogen and oxygen atoms in total. The third kappa shape index (κ3) is 3.16. The zero-order valence-corrected chi connectivity index (χ0v) is 13.1. The van der Waals surface area contributed by atoms with E-state index in [-0.39, 0.29) is 5.56 Å². The fourth-order valence-electron chi connectivity index (χ4n) is 2.41. The fraction of sp³-hybridized carbons (Fsp3) is 0.353. The standard InChI is InChI=1S/C17H22N2O2/c1-5-18-11-14-6-8-15(19(3)17(14)20)13-7-9-16(21-4)12(2)10-13/h6-10,18H,5,11H2,1-4H3. The Bertz CT molecular complexity index is 690. The van der Waals surface area contributed by atoms with Gasteiger partial charge in [-0.1, -0.05) is 13.0 Å². The van der Waals surface area contributed by atoms with Gasteiger partial charge in [0.1, 0.15) is 5.75 Å². The van der Waals surface area contributed by atoms with Crippen molar-refractivity contribution >= 4 is 0 Å². The molecule has 0 aliphatic carbocycles. The Morgan fingerprint density at radius 1 is 1.24 bits per heavy atom. The summed E-state index contributed by atoms with van der Waals surface area (Å²) in [6.45, 7) is 5.48. The van der Waals surface area contributed by atoms with Crippen LogP contribution in [0.2, 0.25) is 0 Å². The van der Waals surface area contributed by atoms with Crippen LogP contribution in [0.5, 0.6) is 5.75 Å². The van der Waals surface area contributed by atoms with Gasteiger partial charge in [0, 0.05) is 19.2 Å². The van der Waals surface area contributed by atoms with Crippen LogP contribution in [0.4, 0.5) is 0 Å². The summed E-state index contributed by atoms with van der Waals surface area (Å²) in [7, 11) is 3.47. The maximum absolute atomic E-state index is 12.4. The normalized spacial score (nSPS) is 10.7. The van der Waals surface area contributed by atoms with E-state index >= 15 is 0 Å². The SMILES string of the molecule is CCNCc1ccc(-c2ccc(OC)c(C)c2)n(C)c1=O. The van der Waals surface area contributed by atoms with Gasteiger partial charge < -0.3 is 14.6 Å². The number of rotatable bonds is 5. The van der Waals surface area contributed by atoms with Gasteiger partial charge >= 0.3 is 0 Å². The van der Waals surface area contributed by atoms with E-state index < -0.39 is 0 Å². The lowest BCUT2D eigenvalue weighted by atomic mass is 10.1. The van der Waals surface area contributed by atoms with Gasteiger partial charge in [-0.3, -0.25) is 4.79 Å². The molecule has 0 aliphatic heterocycles. The molecule has 1 aromatic carbocycles. The molecule has 1 aromatic heterocycles. The van der Waals surface area contributed by atoms with E-state index in [1.165, 1.54) is 0 Å². The van der Waals surface area contributed by atoms with Gasteiger partial charge in [-0.15, -0.1) is 0 Å². The molecule has 4 heteroatoms. The van der Waals surface area contributed by atoms with E-state index in [1.807, 2.05) is 51.2 Å². The van der Waals surface area contributed by atoms with Gasteiger partial charge in [-0.2, -0.15) is 0 Å². The second kappa shape index (κ2) is 6.59. The summed E-state index contributed by atoms with van der Waals surface area (Å²) in [6.07, 6.45) is 0. The molecule has 0 fully saturated rings. The molecule has 2 aromatic rings. The first-order chi connectivity index (χ1) is 10.1. The van der Waals surface area contributed by atoms with Crippen molar-refractivity contribution in [1.82, 2.24) is 9.88 Å². The van der Waals surface area contributed by atoms with Gasteiger partial charge in [0.2, 0.25) is 0 Å². The number of nitrogens with zero attached hydrogens (tertiary/aromatic N) is 1. The first-order valence-corrected chi connectivity index (χ1v) is 7.13. The Morgan fingerprint density at radius 3 is 2.62 bits per heavy atom. The van der Waals surface area contributed by atoms with Crippen molar-refractivity contribution in [2.24, 2.45) is 7.05 Å². The second-order valence-electron chi connectivity index (χ2n) is 5.07. The molecule has 2 rings (SSSR count). The first kappa shape index (κ1) is 15.3. The maximum Gasteiger partial charge on any atom is 0.255 e. The van der Waals surface area contributed by atoms with E-state index in [2.05, 4.69) is 5.32 Å². The molecule has 0 atom stereocenters. The van der Waals surface area contributed by atoms with Crippen molar-refractivity contribution in [2.45, 2.75) is 20.4 Å². The van der Waals surface area contributed by atoms with Gasteiger partial charge in [-0.25, -0.2) is 0 Å². The van der Waals surface area contributed by atoms with Crippen LogP contribution in [0.1, 0.15) is 18.1 Å². The Morgan fingerprint density at radius 2 is 2.00 bits per heavy atom. The molecule has 0 unspecified atom stereocenters. The Balaban J connectivity index is 2.43. The Labute approximate surface area is 125 Å². The molecule has 21 heavy (non-hydrogen) atoms. The minimum atomic E-state index is 0.0434. The largest absolute Gasteiger partial charge is 0.496 e. The molecular formula is C17H22N2O2. The van der Waals surface area contributed by atoms with E-state index in [1.54, 1.807) is 11.7 Å². The summed E-state index contributed by atoms with van der Waals surface area (Å²) in [4.78, 5) is 12.4. The van der Waals surface area contributed by atoms with Crippen LogP contribution in [0.25, 0.3) is 11.3 Å². The number of hydrogen-bond donors (Lipinski definition) is 1. The Hall–Kier alpha value is -2.07. The van der Waals surface area contributed by atoms with Crippen LogP contribution >= 0.6 is 0 Å². The number of aryl methyl sites for hydroxylation is 1. The van der Waals surface area contributed by atoms with Gasteiger partial charge in [0.25, 0.3) is 5.56 Å². The highest BCUT2D eigenvalue weighted by atomic mass is 16.5. The minimum Gasteiger partial charge on any atom is -0.496 e. The molecule has 0 saturated heterocycles. The highest BCUT2D eigenvalue weighted by Crippen LogP contribution is 2.25. The summed E-state index contributed by atoms with van der Waals surface area (Å²) in [5, 5.41) is 3.19. The van der Waals surface area contributed by atoms with Crippen molar-refractivity contribution in [3.63, 3.8) is 0 Å². The number of benzene rings is 1. The molecule has 1 heterocycles. The smallest absolute Gasteiger partial charge is 0.255 e. The van der Waals surface area contributed by atoms with Crippen molar-refractivity contribution in [3.8, 4) is 17.0 Å². The second-order valence-corrected chi connectivity index (χ2v) is 5.07. The van der Waals surface area contributed by atoms with Gasteiger partial charge in [0.05, 0.1) is 12.8 Å². The van der Waals surface area contributed by atoms with Crippen LogP contribution in [0.15, 0.2) is 35.1 Å². The molecule has 0 amide bonds. The number of methoxy groups -OCH3 is 1. The van der Waals surface area contributed by atoms with Crippen molar-refractivity contribution in [3.05, 3.63) is 51.8 Å². The molecule has 0 aliphatic rings. The number of hydrogen-bond acceptors (Lipinski definition) is 3. The lowest BCUT2D eigenvalue weighted by Crippen LogP contribution is -2.26. The number of ether oxygens (including phenoxy) is 1. The maximum atomic E-state index is 12.4. The highest BCUT2D eigenvalue weighted by Gasteiger charge is 2.09. The number of pyridine rings is 1. The Kier molecular flexibility index (Phi) is 4.81. The molecule has 0 spiro atoms. The van der Waals surface area contributed by atoms with Gasteiger partial charge in [0.15, 0.2) is 0 Å². The van der Waals surface area contributed by atoms with Crippen molar-refractivity contribution < 1.29 is 4.74 Å². The molecule has 1 N–H and O–H groups in total. The van der Waals surface area contributed by atoms with Crippen molar-refractivity contribution in [1.29, 1.82) is 0 Å². The zero-order chi connectivity index (χ0) is 15.4. The molecule has 0 bridgehead atoms. The third-order valence-corrected chi connectivity index (χ3v) is 3.64. The van der Waals surface area contributed by atoms with Crippen LogP contribution < -0.4 is 15.6 Å². The topological polar surface area (TPSA) is 43.3 Å². The summed E-state index contributed by atoms with van der Waals surface area (Å²) in [5.41, 5.74) is 3.81. The van der Waals surface area contributed by atoms with E-state index in [4.69, 9.17) is 4.74 Å². The van der Waals surface area contributed by atoms with E-state index in [0.29, 0.717) is 6.54 Å². The summed E-state index contributed by atoms with van der Waals surface area (Å²) in [5.74, 6) is 0.854. The van der Waals surface area contributed by atoms with Crippen LogP contribution in [0.3, 0.4) is 0 Å². The monoisotopic (exact) mass is 286 g/mol. The lowest BCUT2D eigenvalue weighted by Gasteiger charge is -2.12. The summed E-state index contributed by atoms with van der Waals surface area (Å²) < 4.78 is 6.98. The number of aromatic nitrogens is 1. The average molecular weight is 286 g/mol. The third-order valence-electron chi connectivity index (χ3n) is 3.64. The first-order valence-electron chi connectivity index (χ1n) is 7.13. The minimum absolute atomic E-state index is 0.0434. The summed E-state index contributed by atoms with van der Waals surface area (Å²) >= 11 is 0. The van der Waals surface area contributed by atoms with Crippen LogP contribution in [0, 0.1) is 6.92 Å². The predicted octanol–water partition coefficient (Wildman–Crippen LogP) is 2.48. The average Bonchev–Trinajstić information content (AvgIpc) is 2.49. The molecular weight excluding hydrogens is 264 g/mol. The number of nitrogens with one attached hydrogen (secondary N) is 1. The quantitative estimate of drug-likeness (QED) is 0.918. The van der Waals surface area contributed by atoms with Crippen molar-refractivity contribution in [2.75, 3.05) is 13.7 Å².